The van der Waals surface area contributed by atoms with Gasteiger partial charge in [0.1, 0.15) is 0 Å². The Morgan fingerprint density at radius 3 is 2.43 bits per heavy atom. The van der Waals surface area contributed by atoms with Gasteiger partial charge in [-0.05, 0) is 50.5 Å². The third-order valence-electron chi connectivity index (χ3n) is 4.46. The van der Waals surface area contributed by atoms with Crippen LogP contribution in [0.3, 0.4) is 0 Å². The highest BCUT2D eigenvalue weighted by molar-refractivity contribution is 5.78. The van der Waals surface area contributed by atoms with E-state index in [9.17, 15) is 4.79 Å². The number of aryl methyl sites for hydroxylation is 3. The van der Waals surface area contributed by atoms with Gasteiger partial charge in [0.05, 0.1) is 12.2 Å². The second-order valence-corrected chi connectivity index (χ2v) is 6.74. The van der Waals surface area contributed by atoms with Crippen molar-refractivity contribution in [2.24, 2.45) is 5.84 Å². The molecule has 1 heterocycles. The Kier molecular flexibility index (Phi) is 15.1. The number of ketones is 1. The zero-order valence-corrected chi connectivity index (χ0v) is 18.7. The minimum Gasteiger partial charge on any atom is -0.412 e. The van der Waals surface area contributed by atoms with E-state index in [4.69, 9.17) is 12.3 Å². The zero-order valence-electron chi connectivity index (χ0n) is 18.7. The normalized spacial score (nSPS) is 9.67. The number of nitrogens with zero attached hydrogens (tertiary/aromatic N) is 3. The van der Waals surface area contributed by atoms with E-state index in [0.717, 1.165) is 29.8 Å². The molecule has 0 saturated carbocycles. The summed E-state index contributed by atoms with van der Waals surface area (Å²) in [6, 6.07) is 8.34. The van der Waals surface area contributed by atoms with Crippen LogP contribution in [0.1, 0.15) is 43.0 Å². The lowest BCUT2D eigenvalue weighted by Gasteiger charge is -2.13. The van der Waals surface area contributed by atoms with Crippen LogP contribution in [0.25, 0.3) is 11.3 Å². The molecule has 1 aromatic heterocycles. The minimum atomic E-state index is 0. The Morgan fingerprint density at radius 1 is 1.27 bits per heavy atom. The lowest BCUT2D eigenvalue weighted by Crippen LogP contribution is -2.41. The predicted octanol–water partition coefficient (Wildman–Crippen LogP) is 2.49. The topological polar surface area (TPSA) is 108 Å². The van der Waals surface area contributed by atoms with Gasteiger partial charge in [-0.25, -0.2) is 5.43 Å². The van der Waals surface area contributed by atoms with Gasteiger partial charge in [0.25, 0.3) is 0 Å². The smallest absolute Gasteiger partial charge is 0.154 e. The number of benzene rings is 1. The molecular formula is C22H36FN5O2. The van der Waals surface area contributed by atoms with Crippen LogP contribution in [-0.4, -0.2) is 39.8 Å². The highest BCUT2D eigenvalue weighted by atomic mass is 19.0. The van der Waals surface area contributed by atoms with E-state index in [2.05, 4.69) is 48.5 Å². The summed E-state index contributed by atoms with van der Waals surface area (Å²) in [5, 5.41) is 6.07. The molecule has 5 N–H and O–H groups in total. The Bertz CT molecular complexity index is 814. The number of carbonyl (C=O) groups is 1. The second-order valence-electron chi connectivity index (χ2n) is 6.74. The fourth-order valence-corrected chi connectivity index (χ4v) is 2.52. The molecule has 0 unspecified atom stereocenters. The summed E-state index contributed by atoms with van der Waals surface area (Å²) in [5.41, 5.74) is 8.30. The number of halogens is 1. The van der Waals surface area contributed by atoms with Gasteiger partial charge in [-0.3, -0.25) is 20.0 Å². The first-order valence-electron chi connectivity index (χ1n) is 9.59. The predicted molar refractivity (Wildman–Crippen MR) is 121 cm³/mol. The van der Waals surface area contributed by atoms with Crippen LogP contribution >= 0.6 is 0 Å². The van der Waals surface area contributed by atoms with Crippen molar-refractivity contribution < 1.29 is 15.0 Å². The molecule has 0 saturated heterocycles. The summed E-state index contributed by atoms with van der Waals surface area (Å²) in [6.45, 7) is 9.05. The van der Waals surface area contributed by atoms with E-state index in [0.29, 0.717) is 19.5 Å². The third kappa shape index (κ3) is 9.76. The molecule has 7 nitrogen and oxygen atoms in total. The number of nitrogens with two attached hydrogens (primary N) is 1. The monoisotopic (exact) mass is 421 g/mol. The van der Waals surface area contributed by atoms with Gasteiger partial charge in [0.15, 0.2) is 5.78 Å². The third-order valence-corrected chi connectivity index (χ3v) is 4.46. The summed E-state index contributed by atoms with van der Waals surface area (Å²) < 4.78 is 1.78. The second kappa shape index (κ2) is 15.3. The van der Waals surface area contributed by atoms with Gasteiger partial charge in [-0.15, -0.1) is 12.3 Å². The summed E-state index contributed by atoms with van der Waals surface area (Å²) in [7, 11) is 1.75. The quantitative estimate of drug-likeness (QED) is 0.387. The van der Waals surface area contributed by atoms with Crippen LogP contribution < -0.4 is 11.3 Å². The van der Waals surface area contributed by atoms with Crippen LogP contribution in [0.2, 0.25) is 0 Å². The molecule has 0 spiro atoms. The molecule has 0 aliphatic rings. The fraction of sp³-hybridized carbons (Fsp3) is 0.455. The molecule has 168 valence electrons. The molecule has 0 aliphatic heterocycles. The zero-order chi connectivity index (χ0) is 21.1. The molecule has 0 aliphatic carbocycles. The van der Waals surface area contributed by atoms with Crippen molar-refractivity contribution in [2.75, 3.05) is 13.6 Å². The van der Waals surface area contributed by atoms with Gasteiger partial charge < -0.3 is 5.48 Å². The number of nitrogens with one attached hydrogen (secondary N) is 1. The van der Waals surface area contributed by atoms with E-state index >= 15 is 0 Å². The summed E-state index contributed by atoms with van der Waals surface area (Å²) in [5.74, 6) is 8.21. The number of hydrogen-bond donors (Lipinski definition) is 2. The lowest BCUT2D eigenvalue weighted by molar-refractivity contribution is -0.120. The van der Waals surface area contributed by atoms with Crippen molar-refractivity contribution in [1.29, 1.82) is 0 Å². The average molecular weight is 422 g/mol. The summed E-state index contributed by atoms with van der Waals surface area (Å²) in [6.07, 6.45) is 6.84. The molecule has 1 aromatic carbocycles. The molecule has 2 aromatic rings. The van der Waals surface area contributed by atoms with Gasteiger partial charge >= 0.3 is 0 Å². The SMILES string of the molecule is C#CCC.CNN(N)CCCC(=O)Cn1nc(-c2ccc(C)c(C)c2)cc1C.F.O. The molecule has 0 radical (unpaired) electrons. The minimum absolute atomic E-state index is 0. The van der Waals surface area contributed by atoms with E-state index in [1.807, 2.05) is 19.9 Å². The molecule has 30 heavy (non-hydrogen) atoms. The van der Waals surface area contributed by atoms with Crippen LogP contribution in [0.5, 0.6) is 0 Å². The first-order chi connectivity index (χ1) is 13.3. The fourth-order valence-electron chi connectivity index (χ4n) is 2.52. The summed E-state index contributed by atoms with van der Waals surface area (Å²) >= 11 is 0. The van der Waals surface area contributed by atoms with Crippen molar-refractivity contribution in [3.05, 3.63) is 41.1 Å². The van der Waals surface area contributed by atoms with E-state index in [1.165, 1.54) is 16.2 Å². The maximum Gasteiger partial charge on any atom is 0.154 e. The molecule has 0 bridgehead atoms. The van der Waals surface area contributed by atoms with Crippen molar-refractivity contribution in [1.82, 2.24) is 20.3 Å². The Balaban J connectivity index is 0. The van der Waals surface area contributed by atoms with E-state index in [1.54, 1.807) is 11.7 Å². The highest BCUT2D eigenvalue weighted by Gasteiger charge is 2.11. The van der Waals surface area contributed by atoms with Gasteiger partial charge in [-0.1, -0.05) is 19.1 Å². The van der Waals surface area contributed by atoms with Crippen molar-refractivity contribution in [3.63, 3.8) is 0 Å². The number of aromatic nitrogens is 2. The van der Waals surface area contributed by atoms with E-state index < -0.39 is 0 Å². The molecular weight excluding hydrogens is 385 g/mol. The highest BCUT2D eigenvalue weighted by Crippen LogP contribution is 2.22. The summed E-state index contributed by atoms with van der Waals surface area (Å²) in [4.78, 5) is 12.1. The number of carbonyl (C=O) groups excluding carboxylic acids is 1. The van der Waals surface area contributed by atoms with Gasteiger partial charge in [-0.2, -0.15) is 10.2 Å². The molecule has 8 heteroatoms. The Labute approximate surface area is 179 Å². The number of hydrazine groups is 2. The maximum atomic E-state index is 12.1. The molecule has 0 fully saturated rings. The molecule has 2 rings (SSSR count). The molecule has 0 atom stereocenters. The number of hydrogen-bond acceptors (Lipinski definition) is 5. The van der Waals surface area contributed by atoms with Crippen molar-refractivity contribution in [3.8, 4) is 23.6 Å². The number of terminal acetylenes is 1. The standard InChI is InChI=1S/C18H27N5O.C4H6.FH.H2O/c1-13-7-8-16(10-14(13)2)18-11-15(3)22(21-18)12-17(24)6-5-9-23(19)20-4;1-3-4-2;;/h7-8,10-11,20H,5-6,9,12,19H2,1-4H3;1H,4H2,2H3;1H;1H2. The van der Waals surface area contributed by atoms with Crippen molar-refractivity contribution >= 4 is 5.78 Å². The number of rotatable bonds is 8. The van der Waals surface area contributed by atoms with Gasteiger partial charge in [0, 0.05) is 37.7 Å². The number of Topliss-reactive ketones (excluding diaryl/α,β-unsaturated/α-hetero) is 1. The maximum absolute atomic E-state index is 12.1. The van der Waals surface area contributed by atoms with Crippen LogP contribution in [0, 0.1) is 33.1 Å². The van der Waals surface area contributed by atoms with Crippen LogP contribution in [0.4, 0.5) is 4.70 Å². The average Bonchev–Trinajstić information content (AvgIpc) is 3.04. The van der Waals surface area contributed by atoms with Crippen LogP contribution in [-0.2, 0) is 11.3 Å². The Hall–Kier alpha value is -2.57. The van der Waals surface area contributed by atoms with E-state index in [-0.39, 0.29) is 16.0 Å². The Morgan fingerprint density at radius 2 is 1.90 bits per heavy atom. The van der Waals surface area contributed by atoms with Crippen LogP contribution in [0.15, 0.2) is 24.3 Å². The molecule has 0 amide bonds. The van der Waals surface area contributed by atoms with Gasteiger partial charge in [0.2, 0.25) is 0 Å². The first-order valence-corrected chi connectivity index (χ1v) is 9.59. The lowest BCUT2D eigenvalue weighted by atomic mass is 10.0. The largest absolute Gasteiger partial charge is 0.412 e. The first kappa shape index (κ1) is 29.6. The van der Waals surface area contributed by atoms with Crippen molar-refractivity contribution in [2.45, 2.75) is 53.5 Å².